The molecule has 0 radical (unpaired) electrons. The zero-order chi connectivity index (χ0) is 15.5. The maximum Gasteiger partial charge on any atom is 0.0537 e. The summed E-state index contributed by atoms with van der Waals surface area (Å²) in [4.78, 5) is 0. The van der Waals surface area contributed by atoms with Crippen molar-refractivity contribution in [3.63, 3.8) is 0 Å². The third-order valence-electron chi connectivity index (χ3n) is 4.02. The number of aryl methyl sites for hydroxylation is 2. The lowest BCUT2D eigenvalue weighted by Crippen LogP contribution is -1.96. The van der Waals surface area contributed by atoms with Gasteiger partial charge in [-0.2, -0.15) is 0 Å². The lowest BCUT2D eigenvalue weighted by molar-refractivity contribution is 1.09. The summed E-state index contributed by atoms with van der Waals surface area (Å²) in [5.74, 6) is 0. The Kier molecular flexibility index (Phi) is 3.97. The van der Waals surface area contributed by atoms with Crippen molar-refractivity contribution >= 4 is 17.0 Å². The van der Waals surface area contributed by atoms with Gasteiger partial charge < -0.3 is 4.57 Å². The van der Waals surface area contributed by atoms with Crippen LogP contribution in [0.25, 0.3) is 22.7 Å². The first-order chi connectivity index (χ1) is 10.7. The molecular weight excluding hydrogens is 266 g/mol. The molecule has 0 atom stereocenters. The van der Waals surface area contributed by atoms with Crippen LogP contribution in [0.3, 0.4) is 0 Å². The lowest BCUT2D eigenvalue weighted by Gasteiger charge is -2.09. The fourth-order valence-electron chi connectivity index (χ4n) is 2.85. The number of aromatic nitrogens is 1. The molecule has 110 valence electrons. The van der Waals surface area contributed by atoms with Crippen molar-refractivity contribution in [3.8, 4) is 5.69 Å². The average Bonchev–Trinajstić information content (AvgIpc) is 2.82. The van der Waals surface area contributed by atoms with Crippen LogP contribution in [-0.4, -0.2) is 4.57 Å². The molecule has 0 saturated carbocycles. The Morgan fingerprint density at radius 2 is 1.59 bits per heavy atom. The Bertz CT molecular complexity index is 845. The molecule has 0 saturated heterocycles. The summed E-state index contributed by atoms with van der Waals surface area (Å²) in [5, 5.41) is 1.31. The van der Waals surface area contributed by atoms with E-state index in [4.69, 9.17) is 0 Å². The largest absolute Gasteiger partial charge is 0.310 e. The van der Waals surface area contributed by atoms with Crippen LogP contribution in [0.1, 0.15) is 23.7 Å². The normalized spacial score (nSPS) is 12.0. The number of para-hydroxylation sites is 1. The quantitative estimate of drug-likeness (QED) is 0.533. The molecule has 2 aromatic carbocycles. The predicted molar refractivity (Wildman–Crippen MR) is 96.6 cm³/mol. The molecule has 0 N–H and O–H groups in total. The van der Waals surface area contributed by atoms with Gasteiger partial charge in [-0.25, -0.2) is 0 Å². The van der Waals surface area contributed by atoms with E-state index in [0.29, 0.717) is 0 Å². The van der Waals surface area contributed by atoms with Gasteiger partial charge in [0.25, 0.3) is 0 Å². The van der Waals surface area contributed by atoms with Crippen LogP contribution in [0.15, 0.2) is 66.8 Å². The highest BCUT2D eigenvalue weighted by Gasteiger charge is 2.12. The van der Waals surface area contributed by atoms with Gasteiger partial charge in [-0.3, -0.25) is 0 Å². The Morgan fingerprint density at radius 3 is 2.32 bits per heavy atom. The van der Waals surface area contributed by atoms with Gasteiger partial charge in [0.15, 0.2) is 0 Å². The van der Waals surface area contributed by atoms with E-state index in [1.54, 1.807) is 0 Å². The molecular formula is C21H21N. The number of rotatable bonds is 3. The fourth-order valence-corrected chi connectivity index (χ4v) is 2.85. The summed E-state index contributed by atoms with van der Waals surface area (Å²) < 4.78 is 2.34. The number of fused-ring (bicyclic) bond motifs is 1. The van der Waals surface area contributed by atoms with Crippen LogP contribution in [-0.2, 0) is 0 Å². The minimum atomic E-state index is 1.20. The van der Waals surface area contributed by atoms with Gasteiger partial charge in [0, 0.05) is 16.8 Å². The van der Waals surface area contributed by atoms with Crippen molar-refractivity contribution in [2.24, 2.45) is 0 Å². The van der Waals surface area contributed by atoms with Crippen molar-refractivity contribution in [2.45, 2.75) is 20.8 Å². The second-order valence-corrected chi connectivity index (χ2v) is 5.58. The van der Waals surface area contributed by atoms with Gasteiger partial charge in [0.05, 0.1) is 5.52 Å². The number of nitrogens with zero attached hydrogens (tertiary/aromatic N) is 1. The van der Waals surface area contributed by atoms with Crippen LogP contribution in [0.2, 0.25) is 0 Å². The van der Waals surface area contributed by atoms with Gasteiger partial charge in [0.2, 0.25) is 0 Å². The van der Waals surface area contributed by atoms with Gasteiger partial charge in [-0.1, -0.05) is 54.1 Å². The zero-order valence-corrected chi connectivity index (χ0v) is 13.4. The number of hydrogen-bond donors (Lipinski definition) is 0. The molecule has 1 nitrogen and oxygen atoms in total. The monoisotopic (exact) mass is 287 g/mol. The average molecular weight is 287 g/mol. The molecule has 0 bridgehead atoms. The maximum atomic E-state index is 2.34. The molecule has 0 amide bonds. The van der Waals surface area contributed by atoms with E-state index < -0.39 is 0 Å². The Morgan fingerprint density at radius 1 is 0.864 bits per heavy atom. The van der Waals surface area contributed by atoms with Crippen molar-refractivity contribution in [3.05, 3.63) is 83.6 Å². The highest BCUT2D eigenvalue weighted by Crippen LogP contribution is 2.30. The molecule has 0 aliphatic heterocycles. The highest BCUT2D eigenvalue weighted by atomic mass is 15.0. The third kappa shape index (κ3) is 2.50. The number of allylic oxidation sites excluding steroid dienone is 3. The van der Waals surface area contributed by atoms with Crippen molar-refractivity contribution in [1.29, 1.82) is 0 Å². The van der Waals surface area contributed by atoms with E-state index in [-0.39, 0.29) is 0 Å². The first-order valence-electron chi connectivity index (χ1n) is 7.69. The summed E-state index contributed by atoms with van der Waals surface area (Å²) in [6.07, 6.45) is 8.41. The topological polar surface area (TPSA) is 4.93 Å². The van der Waals surface area contributed by atoms with Crippen molar-refractivity contribution < 1.29 is 0 Å². The first kappa shape index (κ1) is 14.4. The first-order valence-corrected chi connectivity index (χ1v) is 7.69. The zero-order valence-electron chi connectivity index (χ0n) is 13.4. The molecule has 1 aromatic heterocycles. The van der Waals surface area contributed by atoms with E-state index in [1.807, 2.05) is 13.0 Å². The molecule has 1 heteroatoms. The molecule has 22 heavy (non-hydrogen) atoms. The van der Waals surface area contributed by atoms with Crippen molar-refractivity contribution in [2.75, 3.05) is 0 Å². The van der Waals surface area contributed by atoms with E-state index in [9.17, 15) is 0 Å². The summed E-state index contributed by atoms with van der Waals surface area (Å²) in [7, 11) is 0. The van der Waals surface area contributed by atoms with Crippen LogP contribution in [0.5, 0.6) is 0 Å². The van der Waals surface area contributed by atoms with Crippen LogP contribution < -0.4 is 0 Å². The summed E-state index contributed by atoms with van der Waals surface area (Å²) >= 11 is 0. The molecule has 3 aromatic rings. The number of benzene rings is 2. The Hall–Kier alpha value is -2.54. The van der Waals surface area contributed by atoms with Gasteiger partial charge in [-0.15, -0.1) is 0 Å². The SMILES string of the molecule is C/C=C\C=C/c1c(C)c2ccccc2n1-c1ccc(C)cc1. The number of hydrogen-bond acceptors (Lipinski definition) is 0. The smallest absolute Gasteiger partial charge is 0.0537 e. The standard InChI is InChI=1S/C21H21N/c1-4-5-6-10-20-17(3)19-9-7-8-11-21(19)22(20)18-14-12-16(2)13-15-18/h4-15H,1-3H3/b5-4-,10-6-. The summed E-state index contributed by atoms with van der Waals surface area (Å²) in [6, 6.07) is 17.3. The molecule has 0 aliphatic carbocycles. The second-order valence-electron chi connectivity index (χ2n) is 5.58. The Balaban J connectivity index is 2.30. The van der Waals surface area contributed by atoms with Crippen LogP contribution in [0.4, 0.5) is 0 Å². The molecule has 0 fully saturated rings. The van der Waals surface area contributed by atoms with Crippen LogP contribution >= 0.6 is 0 Å². The van der Waals surface area contributed by atoms with Crippen molar-refractivity contribution in [1.82, 2.24) is 4.57 Å². The fraction of sp³-hybridized carbons (Fsp3) is 0.143. The van der Waals surface area contributed by atoms with E-state index in [0.717, 1.165) is 0 Å². The molecule has 0 aliphatic rings. The van der Waals surface area contributed by atoms with Gasteiger partial charge in [0.1, 0.15) is 0 Å². The predicted octanol–water partition coefficient (Wildman–Crippen LogP) is 5.84. The molecule has 1 heterocycles. The minimum Gasteiger partial charge on any atom is -0.310 e. The van der Waals surface area contributed by atoms with E-state index in [2.05, 4.69) is 85.2 Å². The van der Waals surface area contributed by atoms with E-state index in [1.165, 1.54) is 33.4 Å². The second kappa shape index (κ2) is 6.07. The molecule has 3 rings (SSSR count). The van der Waals surface area contributed by atoms with Crippen LogP contribution in [0, 0.1) is 13.8 Å². The third-order valence-corrected chi connectivity index (χ3v) is 4.02. The molecule has 0 spiro atoms. The lowest BCUT2D eigenvalue weighted by atomic mass is 10.1. The molecule has 0 unspecified atom stereocenters. The van der Waals surface area contributed by atoms with E-state index >= 15 is 0 Å². The van der Waals surface area contributed by atoms with Gasteiger partial charge in [-0.05, 0) is 50.6 Å². The Labute approximate surface area is 132 Å². The maximum absolute atomic E-state index is 2.34. The summed E-state index contributed by atoms with van der Waals surface area (Å²) in [6.45, 7) is 6.35. The summed E-state index contributed by atoms with van der Waals surface area (Å²) in [5.41, 5.74) is 6.29. The highest BCUT2D eigenvalue weighted by molar-refractivity contribution is 5.89. The van der Waals surface area contributed by atoms with Gasteiger partial charge >= 0.3 is 0 Å². The minimum absolute atomic E-state index is 1.20.